The number of alkyl halides is 3. The zero-order valence-electron chi connectivity index (χ0n) is 22.3. The second-order valence-electron chi connectivity index (χ2n) is 9.40. The van der Waals surface area contributed by atoms with E-state index in [2.05, 4.69) is 25.8 Å². The molecule has 1 aliphatic rings. The third-order valence-corrected chi connectivity index (χ3v) is 6.98. The number of methoxy groups -OCH3 is 1. The van der Waals surface area contributed by atoms with Crippen molar-refractivity contribution < 1.29 is 22.7 Å². The van der Waals surface area contributed by atoms with Crippen molar-refractivity contribution in [2.24, 2.45) is 5.73 Å². The minimum absolute atomic E-state index is 0.0712. The summed E-state index contributed by atoms with van der Waals surface area (Å²) in [7, 11) is 3.01. The quantitative estimate of drug-likeness (QED) is 0.260. The highest BCUT2D eigenvalue weighted by molar-refractivity contribution is 6.33. The van der Waals surface area contributed by atoms with Crippen molar-refractivity contribution >= 4 is 34.6 Å². The van der Waals surface area contributed by atoms with E-state index in [4.69, 9.17) is 22.1 Å². The van der Waals surface area contributed by atoms with Crippen LogP contribution in [0.5, 0.6) is 5.75 Å². The number of ether oxygens (including phenoxy) is 1. The fourth-order valence-corrected chi connectivity index (χ4v) is 4.83. The van der Waals surface area contributed by atoms with E-state index in [1.807, 2.05) is 6.92 Å². The second kappa shape index (κ2) is 12.2. The predicted molar refractivity (Wildman–Crippen MR) is 149 cm³/mol. The molecule has 0 unspecified atom stereocenters. The summed E-state index contributed by atoms with van der Waals surface area (Å²) in [5, 5.41) is 11.2. The van der Waals surface area contributed by atoms with Crippen LogP contribution in [-0.2, 0) is 12.7 Å². The number of amides is 1. The lowest BCUT2D eigenvalue weighted by molar-refractivity contribution is -0.137. The molecule has 0 atom stereocenters. The van der Waals surface area contributed by atoms with Crippen molar-refractivity contribution in [3.63, 3.8) is 0 Å². The molecule has 0 bridgehead atoms. The van der Waals surface area contributed by atoms with E-state index in [9.17, 15) is 18.0 Å². The third kappa shape index (κ3) is 6.52. The molecule has 0 saturated carbocycles. The molecular weight excluding hydrogens is 547 g/mol. The number of nitrogens with zero attached hydrogens (tertiary/aromatic N) is 3. The number of H-pyrrole nitrogens is 1. The van der Waals surface area contributed by atoms with Crippen molar-refractivity contribution in [2.45, 2.75) is 32.5 Å². The van der Waals surface area contributed by atoms with E-state index >= 15 is 0 Å². The molecule has 1 aliphatic heterocycles. The molecule has 1 saturated heterocycles. The van der Waals surface area contributed by atoms with E-state index in [1.54, 1.807) is 19.4 Å². The monoisotopic (exact) mass is 577 g/mol. The van der Waals surface area contributed by atoms with Gasteiger partial charge in [0.2, 0.25) is 0 Å². The van der Waals surface area contributed by atoms with E-state index in [0.717, 1.165) is 43.8 Å². The highest BCUT2D eigenvalue weighted by atomic mass is 35.5. The number of carbonyl (C=O) groups excluding carboxylic acids is 1. The predicted octanol–water partition coefficient (Wildman–Crippen LogP) is 5.15. The number of carbonyl (C=O) groups is 1. The summed E-state index contributed by atoms with van der Waals surface area (Å²) >= 11 is 6.44. The fourth-order valence-electron chi connectivity index (χ4n) is 4.62. The Kier molecular flexibility index (Phi) is 8.92. The molecule has 0 spiro atoms. The molecule has 2 heterocycles. The van der Waals surface area contributed by atoms with Crippen LogP contribution in [0.4, 0.5) is 24.5 Å². The number of nitrogens with one attached hydrogen (secondary N) is 3. The highest BCUT2D eigenvalue weighted by Crippen LogP contribution is 2.39. The number of rotatable bonds is 9. The zero-order chi connectivity index (χ0) is 29.0. The Bertz CT molecular complexity index is 1400. The molecule has 0 radical (unpaired) electrons. The molecule has 0 aliphatic carbocycles. The van der Waals surface area contributed by atoms with Crippen LogP contribution in [0.25, 0.3) is 5.70 Å². The number of likely N-dealkylation sites (tertiary alicyclic amines) is 1. The van der Waals surface area contributed by atoms with Gasteiger partial charge in [0.05, 0.1) is 41.0 Å². The Morgan fingerprint density at radius 1 is 1.27 bits per heavy atom. The van der Waals surface area contributed by atoms with Gasteiger partial charge >= 0.3 is 6.18 Å². The lowest BCUT2D eigenvalue weighted by Gasteiger charge is -2.23. The maximum atomic E-state index is 13.8. The number of anilines is 2. The van der Waals surface area contributed by atoms with Crippen molar-refractivity contribution in [3.8, 4) is 5.75 Å². The number of halogens is 4. The van der Waals surface area contributed by atoms with Crippen molar-refractivity contribution in [2.75, 3.05) is 37.6 Å². The summed E-state index contributed by atoms with van der Waals surface area (Å²) in [6.07, 6.45) is 0.528. The summed E-state index contributed by atoms with van der Waals surface area (Å²) in [6, 6.07) is 6.47. The van der Waals surface area contributed by atoms with E-state index in [1.165, 1.54) is 30.3 Å². The molecule has 13 heteroatoms. The van der Waals surface area contributed by atoms with Crippen molar-refractivity contribution in [3.05, 3.63) is 75.7 Å². The molecule has 1 aromatic heterocycles. The first-order valence-corrected chi connectivity index (χ1v) is 12.9. The van der Waals surface area contributed by atoms with Gasteiger partial charge in [-0.2, -0.15) is 18.3 Å². The van der Waals surface area contributed by atoms with Crippen molar-refractivity contribution in [1.29, 1.82) is 0 Å². The Balaban J connectivity index is 1.66. The molecule has 5 N–H and O–H groups in total. The molecule has 9 nitrogen and oxygen atoms in total. The molecule has 1 fully saturated rings. The first-order valence-electron chi connectivity index (χ1n) is 12.6. The lowest BCUT2D eigenvalue weighted by Crippen LogP contribution is -2.31. The number of hydrazine groups is 1. The minimum atomic E-state index is -4.61. The van der Waals surface area contributed by atoms with Crippen molar-refractivity contribution in [1.82, 2.24) is 20.5 Å². The van der Waals surface area contributed by atoms with Gasteiger partial charge < -0.3 is 15.8 Å². The van der Waals surface area contributed by atoms with E-state index < -0.39 is 17.6 Å². The summed E-state index contributed by atoms with van der Waals surface area (Å²) in [5.74, 6) is -0.452. The summed E-state index contributed by atoms with van der Waals surface area (Å²) in [4.78, 5) is 15.4. The second-order valence-corrected chi connectivity index (χ2v) is 9.81. The lowest BCUT2D eigenvalue weighted by atomic mass is 10.1. The average Bonchev–Trinajstić information content (AvgIpc) is 3.58. The van der Waals surface area contributed by atoms with Gasteiger partial charge in [-0.25, -0.2) is 5.43 Å². The number of hydrogen-bond acceptors (Lipinski definition) is 7. The summed E-state index contributed by atoms with van der Waals surface area (Å²) in [5.41, 5.74) is 11.0. The number of nitrogens with two attached hydrogens (primary N) is 1. The molecule has 3 aromatic rings. The first kappa shape index (κ1) is 29.2. The Morgan fingerprint density at radius 2 is 2.00 bits per heavy atom. The van der Waals surface area contributed by atoms with Crippen LogP contribution in [-0.4, -0.2) is 48.3 Å². The third-order valence-electron chi connectivity index (χ3n) is 6.66. The Morgan fingerprint density at radius 3 is 2.60 bits per heavy atom. The molecule has 2 aromatic carbocycles. The topological polar surface area (TPSA) is 112 Å². The first-order chi connectivity index (χ1) is 19.0. The van der Waals surface area contributed by atoms with E-state index in [0.29, 0.717) is 27.5 Å². The van der Waals surface area contributed by atoms with Gasteiger partial charge in [0.15, 0.2) is 0 Å². The standard InChI is InChI=1S/C27H31ClF3N7O2/c1-16-20(13-34-36-16)22(32)15-38(33-2)24-11-17(6-7-21(24)28)26(39)35-23-12-19(27(29,30)31)10-18(25(23)40-3)14-37-8-4-5-9-37/h6-7,10-13,15,33H,4-5,8-9,14,32H2,1-3H3,(H,34,36)(H,35,39)/b22-15-. The number of benzene rings is 2. The van der Waals surface area contributed by atoms with Gasteiger partial charge in [-0.3, -0.25) is 19.8 Å². The van der Waals surface area contributed by atoms with Gasteiger partial charge in [0, 0.05) is 42.2 Å². The number of aromatic nitrogens is 2. The normalized spacial score (nSPS) is 14.4. The minimum Gasteiger partial charge on any atom is -0.494 e. The highest BCUT2D eigenvalue weighted by Gasteiger charge is 2.33. The molecule has 40 heavy (non-hydrogen) atoms. The summed E-state index contributed by atoms with van der Waals surface area (Å²) < 4.78 is 46.9. The molecule has 1 amide bonds. The fraction of sp³-hybridized carbons (Fsp3) is 0.333. The number of aromatic amines is 1. The zero-order valence-corrected chi connectivity index (χ0v) is 23.1. The van der Waals surface area contributed by atoms with E-state index in [-0.39, 0.29) is 23.5 Å². The molecule has 214 valence electrons. The van der Waals surface area contributed by atoms with Crippen LogP contribution in [0.1, 0.15) is 45.6 Å². The van der Waals surface area contributed by atoms with Crippen LogP contribution >= 0.6 is 11.6 Å². The van der Waals surface area contributed by atoms with Crippen LogP contribution in [0.2, 0.25) is 5.02 Å². The van der Waals surface area contributed by atoms with Gasteiger partial charge in [-0.15, -0.1) is 0 Å². The van der Waals surface area contributed by atoms with Gasteiger partial charge in [-0.05, 0) is 63.2 Å². The number of aryl methyl sites for hydroxylation is 1. The van der Waals surface area contributed by atoms with Crippen LogP contribution in [0.15, 0.2) is 42.7 Å². The van der Waals surface area contributed by atoms with Crippen LogP contribution < -0.4 is 26.2 Å². The Hall–Kier alpha value is -3.74. The SMILES string of the molecule is CNN(/C=C(\N)c1cn[nH]c1C)c1cc(C(=O)Nc2cc(C(F)(F)F)cc(CN3CCCC3)c2OC)ccc1Cl. The molecule has 4 rings (SSSR count). The van der Waals surface area contributed by atoms with Crippen LogP contribution in [0.3, 0.4) is 0 Å². The smallest absolute Gasteiger partial charge is 0.416 e. The van der Waals surface area contributed by atoms with Gasteiger partial charge in [-0.1, -0.05) is 11.6 Å². The largest absolute Gasteiger partial charge is 0.494 e. The van der Waals surface area contributed by atoms with Crippen LogP contribution in [0, 0.1) is 6.92 Å². The van der Waals surface area contributed by atoms with Gasteiger partial charge in [0.25, 0.3) is 5.91 Å². The Labute approximate surface area is 235 Å². The maximum absolute atomic E-state index is 13.8. The maximum Gasteiger partial charge on any atom is 0.416 e. The van der Waals surface area contributed by atoms with Gasteiger partial charge in [0.1, 0.15) is 5.75 Å². The molecular formula is C27H31ClF3N7O2. The summed E-state index contributed by atoms with van der Waals surface area (Å²) in [6.45, 7) is 3.68. The number of hydrogen-bond donors (Lipinski definition) is 4. The average molecular weight is 578 g/mol.